The first kappa shape index (κ1) is 9.96. The van der Waals surface area contributed by atoms with E-state index in [9.17, 15) is 13.2 Å². The van der Waals surface area contributed by atoms with Gasteiger partial charge in [-0.15, -0.1) is 0 Å². The number of carboxylic acid groups (broad SMARTS) is 1. The lowest BCUT2D eigenvalue weighted by atomic mass is 9.88. The van der Waals surface area contributed by atoms with Crippen molar-refractivity contribution in [3.63, 3.8) is 0 Å². The van der Waals surface area contributed by atoms with E-state index >= 15 is 0 Å². The van der Waals surface area contributed by atoms with Crippen molar-refractivity contribution in [3.05, 3.63) is 0 Å². The van der Waals surface area contributed by atoms with Crippen LogP contribution in [0.2, 0.25) is 0 Å². The van der Waals surface area contributed by atoms with Crippen LogP contribution in [0, 0.1) is 17.8 Å². The fourth-order valence-corrected chi connectivity index (χ4v) is 4.21. The molecule has 0 aromatic carbocycles. The largest absolute Gasteiger partial charge is 0.481 e. The summed E-state index contributed by atoms with van der Waals surface area (Å²) >= 11 is 0. The fourth-order valence-electron chi connectivity index (χ4n) is 2.35. The number of carboxylic acids is 1. The monoisotopic (exact) mass is 218 g/mol. The van der Waals surface area contributed by atoms with Crippen LogP contribution in [-0.2, 0) is 14.6 Å². The number of rotatable bonds is 3. The molecule has 0 radical (unpaired) electrons. The van der Waals surface area contributed by atoms with Gasteiger partial charge in [0.1, 0.15) is 0 Å². The van der Waals surface area contributed by atoms with Crippen molar-refractivity contribution in [1.29, 1.82) is 0 Å². The van der Waals surface area contributed by atoms with Crippen LogP contribution in [0.1, 0.15) is 19.3 Å². The molecule has 0 aromatic rings. The van der Waals surface area contributed by atoms with E-state index in [1.54, 1.807) is 0 Å². The lowest BCUT2D eigenvalue weighted by Gasteiger charge is -2.16. The minimum Gasteiger partial charge on any atom is -0.481 e. The summed E-state index contributed by atoms with van der Waals surface area (Å²) in [5, 5.41) is 9.02. The Hall–Kier alpha value is -0.580. The Balaban J connectivity index is 2.09. The summed E-state index contributed by atoms with van der Waals surface area (Å²) in [7, 11) is -2.94. The molecular weight excluding hydrogens is 204 g/mol. The standard InChI is InChI=1S/C9H14O4S/c10-9(11)8(6-1-2-6)7-3-4-14(12,13)5-7/h6-8H,1-5H2,(H,10,11). The zero-order valence-electron chi connectivity index (χ0n) is 7.85. The van der Waals surface area contributed by atoms with Crippen molar-refractivity contribution >= 4 is 15.8 Å². The maximum absolute atomic E-state index is 11.2. The summed E-state index contributed by atoms with van der Waals surface area (Å²) in [5.41, 5.74) is 0. The Kier molecular flexibility index (Phi) is 2.29. The molecule has 2 atom stereocenters. The zero-order chi connectivity index (χ0) is 10.3. The Morgan fingerprint density at radius 1 is 1.21 bits per heavy atom. The molecule has 2 rings (SSSR count). The lowest BCUT2D eigenvalue weighted by Crippen LogP contribution is -2.26. The molecule has 0 spiro atoms. The van der Waals surface area contributed by atoms with Gasteiger partial charge in [0.2, 0.25) is 0 Å². The molecule has 1 saturated heterocycles. The van der Waals surface area contributed by atoms with Gasteiger partial charge in [0.05, 0.1) is 17.4 Å². The Labute approximate surface area is 83.2 Å². The van der Waals surface area contributed by atoms with E-state index in [1.165, 1.54) is 0 Å². The number of hydrogen-bond acceptors (Lipinski definition) is 3. The van der Waals surface area contributed by atoms with Gasteiger partial charge in [0, 0.05) is 0 Å². The SMILES string of the molecule is O=C(O)C(C1CC1)C1CCS(=O)(=O)C1. The molecule has 1 N–H and O–H groups in total. The summed E-state index contributed by atoms with van der Waals surface area (Å²) in [6, 6.07) is 0. The van der Waals surface area contributed by atoms with E-state index in [0.717, 1.165) is 12.8 Å². The van der Waals surface area contributed by atoms with Gasteiger partial charge in [0.25, 0.3) is 0 Å². The van der Waals surface area contributed by atoms with Gasteiger partial charge in [-0.2, -0.15) is 0 Å². The van der Waals surface area contributed by atoms with Crippen molar-refractivity contribution in [1.82, 2.24) is 0 Å². The zero-order valence-corrected chi connectivity index (χ0v) is 8.66. The van der Waals surface area contributed by atoms with Crippen molar-refractivity contribution in [2.45, 2.75) is 19.3 Å². The molecule has 1 aliphatic heterocycles. The molecule has 2 unspecified atom stereocenters. The summed E-state index contributed by atoms with van der Waals surface area (Å²) in [5.74, 6) is -0.855. The molecule has 5 heteroatoms. The second-order valence-corrected chi connectivity index (χ2v) is 6.59. The number of sulfone groups is 1. The minimum absolute atomic E-state index is 0.0838. The highest BCUT2D eigenvalue weighted by Gasteiger charge is 2.45. The Morgan fingerprint density at radius 2 is 1.86 bits per heavy atom. The Bertz CT molecular complexity index is 342. The highest BCUT2D eigenvalue weighted by molar-refractivity contribution is 7.91. The van der Waals surface area contributed by atoms with E-state index in [0.29, 0.717) is 6.42 Å². The predicted molar refractivity (Wildman–Crippen MR) is 50.6 cm³/mol. The third-order valence-corrected chi connectivity index (χ3v) is 4.98. The number of hydrogen-bond donors (Lipinski definition) is 1. The van der Waals surface area contributed by atoms with Crippen molar-refractivity contribution in [2.24, 2.45) is 17.8 Å². The van der Waals surface area contributed by atoms with Gasteiger partial charge < -0.3 is 5.11 Å². The van der Waals surface area contributed by atoms with Crippen LogP contribution in [0.3, 0.4) is 0 Å². The van der Waals surface area contributed by atoms with Crippen LogP contribution in [0.15, 0.2) is 0 Å². The van der Waals surface area contributed by atoms with E-state index in [1.807, 2.05) is 0 Å². The summed E-state index contributed by atoms with van der Waals surface area (Å²) in [6.45, 7) is 0. The normalized spacial score (nSPS) is 32.7. The fraction of sp³-hybridized carbons (Fsp3) is 0.889. The van der Waals surface area contributed by atoms with Crippen LogP contribution in [0.4, 0.5) is 0 Å². The minimum atomic E-state index is -2.94. The molecule has 4 nitrogen and oxygen atoms in total. The molecular formula is C9H14O4S. The quantitative estimate of drug-likeness (QED) is 0.750. The third kappa shape index (κ3) is 1.92. The first-order valence-electron chi connectivity index (χ1n) is 4.93. The smallest absolute Gasteiger partial charge is 0.307 e. The van der Waals surface area contributed by atoms with Gasteiger partial charge in [-0.05, 0) is 31.1 Å². The third-order valence-electron chi connectivity index (χ3n) is 3.19. The van der Waals surface area contributed by atoms with Gasteiger partial charge in [-0.1, -0.05) is 0 Å². The second-order valence-electron chi connectivity index (χ2n) is 4.36. The van der Waals surface area contributed by atoms with Gasteiger partial charge in [-0.25, -0.2) is 8.42 Å². The molecule has 0 bridgehead atoms. The van der Waals surface area contributed by atoms with E-state index in [4.69, 9.17) is 5.11 Å². The number of aliphatic carboxylic acids is 1. The second kappa shape index (κ2) is 3.22. The molecule has 1 saturated carbocycles. The Morgan fingerprint density at radius 3 is 2.21 bits per heavy atom. The predicted octanol–water partition coefficient (Wildman–Crippen LogP) is 0.532. The maximum atomic E-state index is 11.2. The first-order valence-corrected chi connectivity index (χ1v) is 6.75. The first-order chi connectivity index (χ1) is 6.49. The molecule has 1 heterocycles. The average molecular weight is 218 g/mol. The molecule has 80 valence electrons. The highest BCUT2D eigenvalue weighted by atomic mass is 32.2. The van der Waals surface area contributed by atoms with Gasteiger partial charge >= 0.3 is 5.97 Å². The maximum Gasteiger partial charge on any atom is 0.307 e. The van der Waals surface area contributed by atoms with E-state index in [-0.39, 0.29) is 23.3 Å². The average Bonchev–Trinajstić information content (AvgIpc) is 2.78. The number of carbonyl (C=O) groups is 1. The van der Waals surface area contributed by atoms with Crippen LogP contribution in [0.25, 0.3) is 0 Å². The molecule has 2 aliphatic rings. The summed E-state index contributed by atoms with van der Waals surface area (Å²) in [4.78, 5) is 11.0. The van der Waals surface area contributed by atoms with E-state index < -0.39 is 21.7 Å². The van der Waals surface area contributed by atoms with Crippen molar-refractivity contribution < 1.29 is 18.3 Å². The van der Waals surface area contributed by atoms with Crippen molar-refractivity contribution in [3.8, 4) is 0 Å². The molecule has 2 fully saturated rings. The van der Waals surface area contributed by atoms with Gasteiger partial charge in [0.15, 0.2) is 9.84 Å². The van der Waals surface area contributed by atoms with Crippen LogP contribution >= 0.6 is 0 Å². The lowest BCUT2D eigenvalue weighted by molar-refractivity contribution is -0.144. The van der Waals surface area contributed by atoms with Crippen LogP contribution in [0.5, 0.6) is 0 Å². The summed E-state index contributed by atoms with van der Waals surface area (Å²) in [6.07, 6.45) is 2.44. The van der Waals surface area contributed by atoms with E-state index in [2.05, 4.69) is 0 Å². The highest BCUT2D eigenvalue weighted by Crippen LogP contribution is 2.43. The molecule has 1 aliphatic carbocycles. The summed E-state index contributed by atoms with van der Waals surface area (Å²) < 4.78 is 22.4. The molecule has 0 aromatic heterocycles. The molecule has 14 heavy (non-hydrogen) atoms. The van der Waals surface area contributed by atoms with Crippen LogP contribution in [-0.4, -0.2) is 31.0 Å². The van der Waals surface area contributed by atoms with Gasteiger partial charge in [-0.3, -0.25) is 4.79 Å². The topological polar surface area (TPSA) is 71.4 Å². The molecule has 0 amide bonds. The van der Waals surface area contributed by atoms with Crippen LogP contribution < -0.4 is 0 Å². The van der Waals surface area contributed by atoms with Crippen molar-refractivity contribution in [2.75, 3.05) is 11.5 Å².